The van der Waals surface area contributed by atoms with Crippen LogP contribution in [0.3, 0.4) is 0 Å². The number of nitrogens with zero attached hydrogens (tertiary/aromatic N) is 2. The van der Waals surface area contributed by atoms with Crippen LogP contribution in [0, 0.1) is 10.1 Å². The topological polar surface area (TPSA) is 63.5 Å². The van der Waals surface area contributed by atoms with Crippen LogP contribution >= 0.6 is 27.3 Å². The van der Waals surface area contributed by atoms with Gasteiger partial charge in [0.25, 0.3) is 11.6 Å². The number of rotatable bonds is 4. The third kappa shape index (κ3) is 3.05. The highest BCUT2D eigenvalue weighted by atomic mass is 79.9. The number of nitro groups is 1. The summed E-state index contributed by atoms with van der Waals surface area (Å²) in [6.45, 7) is 0.470. The Morgan fingerprint density at radius 3 is 2.80 bits per heavy atom. The summed E-state index contributed by atoms with van der Waals surface area (Å²) in [5, 5.41) is 14.8. The molecule has 1 amide bonds. The van der Waals surface area contributed by atoms with E-state index in [1.807, 2.05) is 16.8 Å². The predicted octanol–water partition coefficient (Wildman–Crippen LogP) is 3.69. The van der Waals surface area contributed by atoms with Crippen LogP contribution in [-0.2, 0) is 6.54 Å². The van der Waals surface area contributed by atoms with Crippen molar-refractivity contribution in [2.75, 3.05) is 7.05 Å². The Morgan fingerprint density at radius 2 is 2.20 bits per heavy atom. The summed E-state index contributed by atoms with van der Waals surface area (Å²) < 4.78 is 0.215. The molecule has 0 saturated carbocycles. The third-order valence-electron chi connectivity index (χ3n) is 2.75. The van der Waals surface area contributed by atoms with E-state index in [0.29, 0.717) is 6.54 Å². The van der Waals surface area contributed by atoms with Gasteiger partial charge in [-0.05, 0) is 44.4 Å². The van der Waals surface area contributed by atoms with Crippen molar-refractivity contribution >= 4 is 38.9 Å². The Hall–Kier alpha value is -1.73. The summed E-state index contributed by atoms with van der Waals surface area (Å²) in [4.78, 5) is 24.2. The average molecular weight is 355 g/mol. The molecule has 2 aromatic rings. The first-order chi connectivity index (χ1) is 9.50. The highest BCUT2D eigenvalue weighted by molar-refractivity contribution is 9.10. The molecule has 0 spiro atoms. The van der Waals surface area contributed by atoms with Crippen LogP contribution in [0.4, 0.5) is 5.69 Å². The predicted molar refractivity (Wildman–Crippen MR) is 80.9 cm³/mol. The van der Waals surface area contributed by atoms with Crippen molar-refractivity contribution in [3.05, 3.63) is 60.7 Å². The molecule has 0 atom stereocenters. The largest absolute Gasteiger partial charge is 0.337 e. The van der Waals surface area contributed by atoms with Gasteiger partial charge in [-0.15, -0.1) is 0 Å². The molecule has 5 nitrogen and oxygen atoms in total. The lowest BCUT2D eigenvalue weighted by Gasteiger charge is -2.17. The Bertz CT molecular complexity index is 643. The van der Waals surface area contributed by atoms with Gasteiger partial charge in [0.05, 0.1) is 10.5 Å². The van der Waals surface area contributed by atoms with E-state index in [4.69, 9.17) is 0 Å². The SMILES string of the molecule is CN(Cc1ccsc1)C(=O)c1cccc([N+](=O)[O-])c1Br. The van der Waals surface area contributed by atoms with Crippen LogP contribution in [0.2, 0.25) is 0 Å². The van der Waals surface area contributed by atoms with Gasteiger partial charge in [-0.3, -0.25) is 14.9 Å². The second kappa shape index (κ2) is 6.15. The standard InChI is InChI=1S/C13H11BrN2O3S/c1-15(7-9-5-6-20-8-9)13(17)10-3-2-4-11(12(10)14)16(18)19/h2-6,8H,7H2,1H3. The van der Waals surface area contributed by atoms with E-state index in [0.717, 1.165) is 5.56 Å². The van der Waals surface area contributed by atoms with Crippen molar-refractivity contribution < 1.29 is 9.72 Å². The zero-order valence-electron chi connectivity index (χ0n) is 10.6. The molecule has 0 bridgehead atoms. The van der Waals surface area contributed by atoms with Crippen LogP contribution in [0.1, 0.15) is 15.9 Å². The number of amides is 1. The van der Waals surface area contributed by atoms with Crippen molar-refractivity contribution in [1.29, 1.82) is 0 Å². The highest BCUT2D eigenvalue weighted by Crippen LogP contribution is 2.29. The zero-order valence-corrected chi connectivity index (χ0v) is 13.0. The lowest BCUT2D eigenvalue weighted by Crippen LogP contribution is -2.26. The molecule has 7 heteroatoms. The van der Waals surface area contributed by atoms with Gasteiger partial charge in [-0.1, -0.05) is 6.07 Å². The third-order valence-corrected chi connectivity index (χ3v) is 4.32. The fourth-order valence-electron chi connectivity index (χ4n) is 1.76. The van der Waals surface area contributed by atoms with E-state index in [-0.39, 0.29) is 21.6 Å². The number of carbonyl (C=O) groups is 1. The number of thiophene rings is 1. The molecule has 0 aliphatic rings. The molecule has 0 radical (unpaired) electrons. The lowest BCUT2D eigenvalue weighted by molar-refractivity contribution is -0.385. The van der Waals surface area contributed by atoms with Crippen molar-refractivity contribution in [3.8, 4) is 0 Å². The summed E-state index contributed by atoms with van der Waals surface area (Å²) in [7, 11) is 1.67. The minimum absolute atomic E-state index is 0.111. The summed E-state index contributed by atoms with van der Waals surface area (Å²) in [6, 6.07) is 6.38. The summed E-state index contributed by atoms with van der Waals surface area (Å²) in [5.74, 6) is -0.258. The Morgan fingerprint density at radius 1 is 1.45 bits per heavy atom. The number of halogens is 1. The number of hydrogen-bond donors (Lipinski definition) is 0. The van der Waals surface area contributed by atoms with Crippen LogP contribution in [0.5, 0.6) is 0 Å². The summed E-state index contributed by atoms with van der Waals surface area (Å²) in [5.41, 5.74) is 1.21. The fourth-order valence-corrected chi connectivity index (χ4v) is 3.00. The molecule has 0 N–H and O–H groups in total. The van der Waals surface area contributed by atoms with Crippen molar-refractivity contribution in [2.45, 2.75) is 6.54 Å². The maximum absolute atomic E-state index is 12.3. The lowest BCUT2D eigenvalue weighted by atomic mass is 10.1. The quantitative estimate of drug-likeness (QED) is 0.621. The molecule has 0 unspecified atom stereocenters. The van der Waals surface area contributed by atoms with Crippen LogP contribution in [0.15, 0.2) is 39.5 Å². The molecule has 1 aromatic carbocycles. The maximum Gasteiger partial charge on any atom is 0.284 e. The number of benzene rings is 1. The monoisotopic (exact) mass is 354 g/mol. The van der Waals surface area contributed by atoms with Gasteiger partial charge in [0.2, 0.25) is 0 Å². The molecule has 0 fully saturated rings. The fraction of sp³-hybridized carbons (Fsp3) is 0.154. The van der Waals surface area contributed by atoms with Crippen LogP contribution in [0.25, 0.3) is 0 Å². The zero-order chi connectivity index (χ0) is 14.7. The van der Waals surface area contributed by atoms with E-state index >= 15 is 0 Å². The van der Waals surface area contributed by atoms with Crippen molar-refractivity contribution in [1.82, 2.24) is 4.90 Å². The molecule has 1 aromatic heterocycles. The van der Waals surface area contributed by atoms with E-state index in [9.17, 15) is 14.9 Å². The first-order valence-electron chi connectivity index (χ1n) is 5.70. The normalized spacial score (nSPS) is 10.3. The van der Waals surface area contributed by atoms with Gasteiger partial charge in [-0.25, -0.2) is 0 Å². The van der Waals surface area contributed by atoms with Gasteiger partial charge in [0, 0.05) is 19.7 Å². The Balaban J connectivity index is 2.25. The number of nitro benzene ring substituents is 1. The number of carbonyl (C=O) groups excluding carboxylic acids is 1. The molecule has 0 aliphatic carbocycles. The van der Waals surface area contributed by atoms with E-state index in [1.165, 1.54) is 17.0 Å². The van der Waals surface area contributed by atoms with Crippen LogP contribution in [-0.4, -0.2) is 22.8 Å². The second-order valence-electron chi connectivity index (χ2n) is 4.19. The van der Waals surface area contributed by atoms with Gasteiger partial charge in [-0.2, -0.15) is 11.3 Å². The summed E-state index contributed by atoms with van der Waals surface area (Å²) >= 11 is 4.70. The first-order valence-corrected chi connectivity index (χ1v) is 7.43. The molecule has 104 valence electrons. The average Bonchev–Trinajstić information content (AvgIpc) is 2.90. The van der Waals surface area contributed by atoms with E-state index in [1.54, 1.807) is 24.5 Å². The van der Waals surface area contributed by atoms with Gasteiger partial charge < -0.3 is 4.90 Å². The molecular formula is C13H11BrN2O3S. The summed E-state index contributed by atoms with van der Waals surface area (Å²) in [6.07, 6.45) is 0. The van der Waals surface area contributed by atoms with Gasteiger partial charge in [0.1, 0.15) is 4.47 Å². The molecule has 20 heavy (non-hydrogen) atoms. The van der Waals surface area contributed by atoms with Gasteiger partial charge in [0.15, 0.2) is 0 Å². The minimum atomic E-state index is -0.514. The Kier molecular flexibility index (Phi) is 4.51. The molecular weight excluding hydrogens is 344 g/mol. The molecule has 0 aliphatic heterocycles. The van der Waals surface area contributed by atoms with Crippen molar-refractivity contribution in [3.63, 3.8) is 0 Å². The highest BCUT2D eigenvalue weighted by Gasteiger charge is 2.21. The Labute approximate surface area is 128 Å². The first kappa shape index (κ1) is 14.7. The smallest absolute Gasteiger partial charge is 0.284 e. The molecule has 0 saturated heterocycles. The number of hydrogen-bond acceptors (Lipinski definition) is 4. The molecule has 1 heterocycles. The van der Waals surface area contributed by atoms with Gasteiger partial charge >= 0.3 is 0 Å². The van der Waals surface area contributed by atoms with Crippen LogP contribution < -0.4 is 0 Å². The van der Waals surface area contributed by atoms with E-state index < -0.39 is 4.92 Å². The second-order valence-corrected chi connectivity index (χ2v) is 5.76. The van der Waals surface area contributed by atoms with Crippen molar-refractivity contribution in [2.24, 2.45) is 0 Å². The minimum Gasteiger partial charge on any atom is -0.337 e. The van der Waals surface area contributed by atoms with E-state index in [2.05, 4.69) is 15.9 Å². The molecule has 2 rings (SSSR count). The maximum atomic E-state index is 12.3.